The summed E-state index contributed by atoms with van der Waals surface area (Å²) >= 11 is 12.3. The highest BCUT2D eigenvalue weighted by atomic mass is 35.5. The normalized spacial score (nSPS) is 15.3. The second-order valence-electron chi connectivity index (χ2n) is 7.28. The Kier molecular flexibility index (Phi) is 7.58. The molecule has 0 aromatic heterocycles. The Morgan fingerprint density at radius 1 is 1.07 bits per heavy atom. The Labute approximate surface area is 185 Å². The van der Waals surface area contributed by atoms with Crippen molar-refractivity contribution in [2.75, 3.05) is 25.1 Å². The minimum Gasteiger partial charge on any atom is -0.448 e. The van der Waals surface area contributed by atoms with Crippen molar-refractivity contribution >= 4 is 40.9 Å². The summed E-state index contributed by atoms with van der Waals surface area (Å²) in [6, 6.07) is 12.6. The van der Waals surface area contributed by atoms with E-state index >= 15 is 0 Å². The van der Waals surface area contributed by atoms with Gasteiger partial charge in [-0.15, -0.1) is 0 Å². The fraction of sp³-hybridized carbons (Fsp3) is 0.364. The highest BCUT2D eigenvalue weighted by Crippen LogP contribution is 2.32. The van der Waals surface area contributed by atoms with Gasteiger partial charge in [0, 0.05) is 35.5 Å². The third-order valence-corrected chi connectivity index (χ3v) is 6.09. The number of carbonyl (C=O) groups excluding carboxylic acids is 2. The summed E-state index contributed by atoms with van der Waals surface area (Å²) in [5.74, 6) is -0.183. The van der Waals surface area contributed by atoms with E-state index in [2.05, 4.69) is 10.6 Å². The van der Waals surface area contributed by atoms with Crippen molar-refractivity contribution in [2.45, 2.75) is 26.3 Å². The highest BCUT2D eigenvalue weighted by molar-refractivity contribution is 6.32. The standard InChI is InChI=1S/C22H24Cl2N2O4/c1-15-17(23)7-4-8-19(15)26-21(28)30-14-22(9-11-29-12-10-22)20(27)25-13-16-5-2-3-6-18(16)24/h2-8H,9-14H2,1H3,(H,25,27)(H,26,28). The van der Waals surface area contributed by atoms with E-state index in [4.69, 9.17) is 32.7 Å². The third kappa shape index (κ3) is 5.45. The second kappa shape index (κ2) is 10.2. The molecule has 1 saturated heterocycles. The van der Waals surface area contributed by atoms with Gasteiger partial charge in [0.1, 0.15) is 6.61 Å². The molecule has 2 aromatic carbocycles. The van der Waals surface area contributed by atoms with E-state index in [-0.39, 0.29) is 12.5 Å². The van der Waals surface area contributed by atoms with Crippen molar-refractivity contribution in [2.24, 2.45) is 5.41 Å². The minimum absolute atomic E-state index is 0.0455. The number of anilines is 1. The molecule has 8 heteroatoms. The molecule has 1 fully saturated rings. The SMILES string of the molecule is Cc1c(Cl)cccc1NC(=O)OCC1(C(=O)NCc2ccccc2Cl)CCOCC1. The molecule has 30 heavy (non-hydrogen) atoms. The van der Waals surface area contributed by atoms with Crippen molar-refractivity contribution in [3.8, 4) is 0 Å². The summed E-state index contributed by atoms with van der Waals surface area (Å²) < 4.78 is 10.9. The van der Waals surface area contributed by atoms with E-state index < -0.39 is 11.5 Å². The molecule has 0 spiro atoms. The van der Waals surface area contributed by atoms with Crippen molar-refractivity contribution in [3.63, 3.8) is 0 Å². The Bertz CT molecular complexity index is 914. The second-order valence-corrected chi connectivity index (χ2v) is 8.09. The molecule has 3 rings (SSSR count). The van der Waals surface area contributed by atoms with Gasteiger partial charge in [0.05, 0.1) is 5.41 Å². The van der Waals surface area contributed by atoms with Gasteiger partial charge in [-0.05, 0) is 49.1 Å². The van der Waals surface area contributed by atoms with Gasteiger partial charge in [-0.2, -0.15) is 0 Å². The number of ether oxygens (including phenoxy) is 2. The van der Waals surface area contributed by atoms with Crippen LogP contribution in [0.3, 0.4) is 0 Å². The van der Waals surface area contributed by atoms with Crippen molar-refractivity contribution < 1.29 is 19.1 Å². The maximum absolute atomic E-state index is 13.0. The Hall–Kier alpha value is -2.28. The van der Waals surface area contributed by atoms with Gasteiger partial charge < -0.3 is 14.8 Å². The van der Waals surface area contributed by atoms with Crippen LogP contribution in [0.4, 0.5) is 10.5 Å². The Morgan fingerprint density at radius 2 is 1.77 bits per heavy atom. The Balaban J connectivity index is 1.63. The van der Waals surface area contributed by atoms with E-state index in [0.717, 1.165) is 11.1 Å². The molecule has 0 saturated carbocycles. The molecule has 0 atom stereocenters. The van der Waals surface area contributed by atoms with Crippen LogP contribution in [-0.4, -0.2) is 31.8 Å². The summed E-state index contributed by atoms with van der Waals surface area (Å²) in [6.45, 7) is 2.92. The summed E-state index contributed by atoms with van der Waals surface area (Å²) in [4.78, 5) is 25.4. The van der Waals surface area contributed by atoms with Crippen LogP contribution in [0.5, 0.6) is 0 Å². The Morgan fingerprint density at radius 3 is 2.50 bits per heavy atom. The average molecular weight is 451 g/mol. The maximum atomic E-state index is 13.0. The monoisotopic (exact) mass is 450 g/mol. The summed E-state index contributed by atoms with van der Waals surface area (Å²) in [7, 11) is 0. The molecule has 2 amide bonds. The van der Waals surface area contributed by atoms with E-state index in [1.54, 1.807) is 31.2 Å². The van der Waals surface area contributed by atoms with Gasteiger partial charge in [-0.25, -0.2) is 4.79 Å². The van der Waals surface area contributed by atoms with Gasteiger partial charge in [0.15, 0.2) is 0 Å². The first-order chi connectivity index (χ1) is 14.4. The fourth-order valence-electron chi connectivity index (χ4n) is 3.30. The molecule has 160 valence electrons. The predicted octanol–water partition coefficient (Wildman–Crippen LogP) is 4.96. The largest absolute Gasteiger partial charge is 0.448 e. The molecule has 6 nitrogen and oxygen atoms in total. The molecular formula is C22H24Cl2N2O4. The van der Waals surface area contributed by atoms with Gasteiger partial charge in [0.25, 0.3) is 0 Å². The summed E-state index contributed by atoms with van der Waals surface area (Å²) in [5, 5.41) is 6.76. The lowest BCUT2D eigenvalue weighted by molar-refractivity contribution is -0.140. The van der Waals surface area contributed by atoms with E-state index in [9.17, 15) is 9.59 Å². The molecule has 0 bridgehead atoms. The zero-order valence-electron chi connectivity index (χ0n) is 16.7. The number of rotatable bonds is 6. The van der Waals surface area contributed by atoms with Crippen LogP contribution in [-0.2, 0) is 20.8 Å². The minimum atomic E-state index is -0.847. The molecule has 0 radical (unpaired) electrons. The van der Waals surface area contributed by atoms with Crippen LogP contribution in [0.1, 0.15) is 24.0 Å². The molecular weight excluding hydrogens is 427 g/mol. The number of halogens is 2. The van der Waals surface area contributed by atoms with Crippen molar-refractivity contribution in [1.29, 1.82) is 0 Å². The van der Waals surface area contributed by atoms with Crippen LogP contribution in [0.15, 0.2) is 42.5 Å². The number of hydrogen-bond acceptors (Lipinski definition) is 4. The first-order valence-corrected chi connectivity index (χ1v) is 10.5. The first-order valence-electron chi connectivity index (χ1n) is 9.70. The smallest absolute Gasteiger partial charge is 0.411 e. The number of carbonyl (C=O) groups is 2. The molecule has 1 aliphatic rings. The number of hydrogen-bond donors (Lipinski definition) is 2. The molecule has 2 aromatic rings. The maximum Gasteiger partial charge on any atom is 0.411 e. The zero-order chi connectivity index (χ0) is 21.6. The van der Waals surface area contributed by atoms with Gasteiger partial charge in [0.2, 0.25) is 5.91 Å². The van der Waals surface area contributed by atoms with Gasteiger partial charge in [-0.3, -0.25) is 10.1 Å². The third-order valence-electron chi connectivity index (χ3n) is 5.31. The lowest BCUT2D eigenvalue weighted by Crippen LogP contribution is -2.48. The van der Waals surface area contributed by atoms with Gasteiger partial charge >= 0.3 is 6.09 Å². The predicted molar refractivity (Wildman–Crippen MR) is 117 cm³/mol. The summed E-state index contributed by atoms with van der Waals surface area (Å²) in [5.41, 5.74) is 1.29. The highest BCUT2D eigenvalue weighted by Gasteiger charge is 2.41. The number of nitrogens with one attached hydrogen (secondary N) is 2. The zero-order valence-corrected chi connectivity index (χ0v) is 18.2. The molecule has 1 heterocycles. The molecule has 0 unspecified atom stereocenters. The summed E-state index contributed by atoms with van der Waals surface area (Å²) in [6.07, 6.45) is 0.292. The molecule has 0 aliphatic carbocycles. The lowest BCUT2D eigenvalue weighted by atomic mass is 9.80. The number of benzene rings is 2. The van der Waals surface area contributed by atoms with E-state index in [1.165, 1.54) is 0 Å². The van der Waals surface area contributed by atoms with E-state index in [1.807, 2.05) is 18.2 Å². The van der Waals surface area contributed by atoms with Gasteiger partial charge in [-0.1, -0.05) is 47.5 Å². The van der Waals surface area contributed by atoms with Crippen molar-refractivity contribution in [1.82, 2.24) is 5.32 Å². The average Bonchev–Trinajstić information content (AvgIpc) is 2.75. The van der Waals surface area contributed by atoms with Crippen LogP contribution in [0, 0.1) is 12.3 Å². The van der Waals surface area contributed by atoms with Crippen LogP contribution in [0.25, 0.3) is 0 Å². The first kappa shape index (κ1) is 22.4. The van der Waals surface area contributed by atoms with Crippen LogP contribution < -0.4 is 10.6 Å². The van der Waals surface area contributed by atoms with Crippen LogP contribution in [0.2, 0.25) is 10.0 Å². The molecule has 1 aliphatic heterocycles. The quantitative estimate of drug-likeness (QED) is 0.651. The fourth-order valence-corrected chi connectivity index (χ4v) is 3.67. The topological polar surface area (TPSA) is 76.7 Å². The van der Waals surface area contributed by atoms with E-state index in [0.29, 0.717) is 48.3 Å². The lowest BCUT2D eigenvalue weighted by Gasteiger charge is -2.35. The number of amides is 2. The van der Waals surface area contributed by atoms with Crippen LogP contribution >= 0.6 is 23.2 Å². The molecule has 2 N–H and O–H groups in total. The van der Waals surface area contributed by atoms with Crippen molar-refractivity contribution in [3.05, 3.63) is 63.6 Å².